The van der Waals surface area contributed by atoms with Gasteiger partial charge in [-0.05, 0) is 25.3 Å². The maximum absolute atomic E-state index is 14.1. The molecular weight excluding hydrogens is 235 g/mol. The molecule has 4 heteroatoms. The van der Waals surface area contributed by atoms with Crippen LogP contribution in [0.15, 0.2) is 0 Å². The van der Waals surface area contributed by atoms with Gasteiger partial charge in [-0.25, -0.2) is 4.39 Å². The minimum atomic E-state index is -0.305. The number of halogens is 1. The number of carbonyl (C=O) groups excluding carboxylic acids is 1. The quantitative estimate of drug-likeness (QED) is 0.757. The summed E-state index contributed by atoms with van der Waals surface area (Å²) in [6.07, 6.45) is 1.15. The number of hydrogen-bond acceptors (Lipinski definition) is 3. The zero-order chi connectivity index (χ0) is 13.9. The van der Waals surface area contributed by atoms with Crippen molar-refractivity contribution < 1.29 is 18.7 Å². The largest absolute Gasteiger partial charge is 0.493 e. The Kier molecular flexibility index (Phi) is 4.70. The van der Waals surface area contributed by atoms with Gasteiger partial charge in [0.15, 0.2) is 11.5 Å². The predicted molar refractivity (Wildman–Crippen MR) is 68.1 cm³/mol. The fraction of sp³-hybridized carbons (Fsp3) is 0.500. The van der Waals surface area contributed by atoms with Gasteiger partial charge >= 0.3 is 0 Å². The third-order valence-electron chi connectivity index (χ3n) is 3.20. The van der Waals surface area contributed by atoms with Crippen LogP contribution in [0, 0.1) is 19.7 Å². The second-order valence-electron chi connectivity index (χ2n) is 4.35. The molecule has 0 aromatic heterocycles. The minimum Gasteiger partial charge on any atom is -0.493 e. The Morgan fingerprint density at radius 1 is 1.17 bits per heavy atom. The van der Waals surface area contributed by atoms with Gasteiger partial charge in [0.25, 0.3) is 0 Å². The summed E-state index contributed by atoms with van der Waals surface area (Å²) in [5, 5.41) is 0. The van der Waals surface area contributed by atoms with Crippen molar-refractivity contribution in [1.82, 2.24) is 0 Å². The number of hydrogen-bond donors (Lipinski definition) is 0. The number of aldehydes is 1. The van der Waals surface area contributed by atoms with Crippen LogP contribution in [0.2, 0.25) is 0 Å². The molecule has 0 heterocycles. The lowest BCUT2D eigenvalue weighted by Crippen LogP contribution is -2.07. The lowest BCUT2D eigenvalue weighted by Gasteiger charge is -2.21. The van der Waals surface area contributed by atoms with Gasteiger partial charge in [-0.1, -0.05) is 6.92 Å². The van der Waals surface area contributed by atoms with Crippen LogP contribution in [-0.2, 0) is 4.79 Å². The lowest BCUT2D eigenvalue weighted by atomic mass is 9.90. The molecule has 1 rings (SSSR count). The highest BCUT2D eigenvalue weighted by Gasteiger charge is 2.24. The van der Waals surface area contributed by atoms with Crippen molar-refractivity contribution in [2.45, 2.75) is 33.1 Å². The average molecular weight is 254 g/mol. The van der Waals surface area contributed by atoms with Crippen LogP contribution >= 0.6 is 0 Å². The predicted octanol–water partition coefficient (Wildman–Crippen LogP) is 3.15. The molecule has 0 saturated carbocycles. The van der Waals surface area contributed by atoms with E-state index in [0.717, 1.165) is 6.29 Å². The lowest BCUT2D eigenvalue weighted by molar-refractivity contribution is -0.108. The molecule has 1 aromatic rings. The smallest absolute Gasteiger partial charge is 0.166 e. The van der Waals surface area contributed by atoms with Crippen LogP contribution in [0.4, 0.5) is 4.39 Å². The van der Waals surface area contributed by atoms with E-state index in [4.69, 9.17) is 9.47 Å². The number of ether oxygens (including phenoxy) is 2. The Morgan fingerprint density at radius 3 is 2.17 bits per heavy atom. The van der Waals surface area contributed by atoms with Crippen molar-refractivity contribution >= 4 is 6.29 Å². The van der Waals surface area contributed by atoms with E-state index < -0.39 is 0 Å². The monoisotopic (exact) mass is 254 g/mol. The molecule has 0 aliphatic carbocycles. The highest BCUT2D eigenvalue weighted by molar-refractivity contribution is 5.59. The fourth-order valence-electron chi connectivity index (χ4n) is 2.27. The molecule has 0 spiro atoms. The molecule has 18 heavy (non-hydrogen) atoms. The molecule has 0 aliphatic rings. The molecule has 1 unspecified atom stereocenters. The zero-order valence-electron chi connectivity index (χ0n) is 11.5. The standard InChI is InChI=1S/C14H19FO3/c1-8(6-7-16)11-9(2)12(15)10(3)13(17-4)14(11)18-5/h7-8H,6H2,1-5H3. The summed E-state index contributed by atoms with van der Waals surface area (Å²) < 4.78 is 24.7. The zero-order valence-corrected chi connectivity index (χ0v) is 11.5. The highest BCUT2D eigenvalue weighted by atomic mass is 19.1. The summed E-state index contributed by atoms with van der Waals surface area (Å²) in [5.74, 6) is 0.499. The van der Waals surface area contributed by atoms with Gasteiger partial charge in [-0.2, -0.15) is 0 Å². The van der Waals surface area contributed by atoms with E-state index in [-0.39, 0.29) is 11.7 Å². The highest BCUT2D eigenvalue weighted by Crippen LogP contribution is 2.42. The molecule has 0 radical (unpaired) electrons. The summed E-state index contributed by atoms with van der Waals surface area (Å²) in [4.78, 5) is 10.6. The van der Waals surface area contributed by atoms with Gasteiger partial charge in [-0.3, -0.25) is 0 Å². The molecule has 0 bridgehead atoms. The summed E-state index contributed by atoms with van der Waals surface area (Å²) in [6, 6.07) is 0. The van der Waals surface area contributed by atoms with Crippen LogP contribution in [0.25, 0.3) is 0 Å². The second kappa shape index (κ2) is 5.85. The van der Waals surface area contributed by atoms with Gasteiger partial charge < -0.3 is 14.3 Å². The van der Waals surface area contributed by atoms with Gasteiger partial charge in [0.1, 0.15) is 12.1 Å². The van der Waals surface area contributed by atoms with Crippen molar-refractivity contribution in [2.75, 3.05) is 14.2 Å². The SMILES string of the molecule is COc1c(C)c(F)c(C)c(C(C)CC=O)c1OC. The van der Waals surface area contributed by atoms with Crippen LogP contribution < -0.4 is 9.47 Å². The first-order chi connectivity index (χ1) is 8.49. The normalized spacial score (nSPS) is 12.1. The van der Waals surface area contributed by atoms with Gasteiger partial charge in [0.2, 0.25) is 0 Å². The average Bonchev–Trinajstić information content (AvgIpc) is 2.35. The van der Waals surface area contributed by atoms with E-state index in [0.29, 0.717) is 34.6 Å². The maximum atomic E-state index is 14.1. The summed E-state index contributed by atoms with van der Waals surface area (Å²) in [5.41, 5.74) is 1.64. The molecule has 0 saturated heterocycles. The first-order valence-corrected chi connectivity index (χ1v) is 5.83. The van der Waals surface area contributed by atoms with Crippen molar-refractivity contribution in [1.29, 1.82) is 0 Å². The minimum absolute atomic E-state index is 0.110. The van der Waals surface area contributed by atoms with E-state index in [9.17, 15) is 9.18 Å². The van der Waals surface area contributed by atoms with Gasteiger partial charge in [0, 0.05) is 17.5 Å². The second-order valence-corrected chi connectivity index (χ2v) is 4.35. The molecule has 1 aromatic carbocycles. The van der Waals surface area contributed by atoms with Crippen LogP contribution in [-0.4, -0.2) is 20.5 Å². The summed E-state index contributed by atoms with van der Waals surface area (Å²) in [6.45, 7) is 5.21. The van der Waals surface area contributed by atoms with E-state index >= 15 is 0 Å². The molecule has 3 nitrogen and oxygen atoms in total. The molecule has 0 fully saturated rings. The Hall–Kier alpha value is -1.58. The van der Waals surface area contributed by atoms with Gasteiger partial charge in [-0.15, -0.1) is 0 Å². The van der Waals surface area contributed by atoms with Crippen LogP contribution in [0.5, 0.6) is 11.5 Å². The number of rotatable bonds is 5. The van der Waals surface area contributed by atoms with Crippen molar-refractivity contribution in [3.63, 3.8) is 0 Å². The van der Waals surface area contributed by atoms with Crippen LogP contribution in [0.1, 0.15) is 36.0 Å². The Morgan fingerprint density at radius 2 is 1.72 bits per heavy atom. The van der Waals surface area contributed by atoms with E-state index in [1.165, 1.54) is 14.2 Å². The van der Waals surface area contributed by atoms with E-state index in [2.05, 4.69) is 0 Å². The van der Waals surface area contributed by atoms with E-state index in [1.807, 2.05) is 6.92 Å². The first-order valence-electron chi connectivity index (χ1n) is 5.83. The van der Waals surface area contributed by atoms with Gasteiger partial charge in [0.05, 0.1) is 14.2 Å². The fourth-order valence-corrected chi connectivity index (χ4v) is 2.27. The Bertz CT molecular complexity index is 455. The molecular formula is C14H19FO3. The van der Waals surface area contributed by atoms with Crippen LogP contribution in [0.3, 0.4) is 0 Å². The summed E-state index contributed by atoms with van der Waals surface area (Å²) in [7, 11) is 3.00. The Labute approximate surface area is 107 Å². The van der Waals surface area contributed by atoms with E-state index in [1.54, 1.807) is 13.8 Å². The molecule has 0 N–H and O–H groups in total. The van der Waals surface area contributed by atoms with Crippen molar-refractivity contribution in [3.8, 4) is 11.5 Å². The Balaban J connectivity index is 3.57. The number of methoxy groups -OCH3 is 2. The third kappa shape index (κ3) is 2.33. The molecule has 0 amide bonds. The first kappa shape index (κ1) is 14.5. The van der Waals surface area contributed by atoms with Crippen molar-refractivity contribution in [2.24, 2.45) is 0 Å². The molecule has 0 aliphatic heterocycles. The molecule has 1 atom stereocenters. The maximum Gasteiger partial charge on any atom is 0.166 e. The molecule has 100 valence electrons. The number of carbonyl (C=O) groups is 1. The summed E-state index contributed by atoms with van der Waals surface area (Å²) >= 11 is 0. The third-order valence-corrected chi connectivity index (χ3v) is 3.20. The topological polar surface area (TPSA) is 35.5 Å². The number of benzene rings is 1. The van der Waals surface area contributed by atoms with Crippen molar-refractivity contribution in [3.05, 3.63) is 22.5 Å².